The van der Waals surface area contributed by atoms with Crippen LogP contribution in [0, 0.1) is 13.8 Å². The third kappa shape index (κ3) is 1.68. The second-order valence-electron chi connectivity index (χ2n) is 6.05. The Morgan fingerprint density at radius 3 is 1.36 bits per heavy atom. The minimum Gasteiger partial charge on any atom is -0.135 e. The van der Waals surface area contributed by atoms with Gasteiger partial charge in [0.2, 0.25) is 0 Å². The highest BCUT2D eigenvalue weighted by atomic mass is 32.1. The van der Waals surface area contributed by atoms with Crippen molar-refractivity contribution in [2.75, 3.05) is 0 Å². The third-order valence-electron chi connectivity index (χ3n) is 4.38. The Hall–Kier alpha value is -1.90. The van der Waals surface area contributed by atoms with Gasteiger partial charge in [0, 0.05) is 40.3 Å². The molecule has 106 valence electrons. The first-order valence-electron chi connectivity index (χ1n) is 7.45. The van der Waals surface area contributed by atoms with Gasteiger partial charge in [-0.15, -0.1) is 22.7 Å². The van der Waals surface area contributed by atoms with E-state index >= 15 is 0 Å². The molecule has 0 saturated carbocycles. The van der Waals surface area contributed by atoms with Crippen LogP contribution in [0.15, 0.2) is 48.5 Å². The Balaban J connectivity index is 1.97. The van der Waals surface area contributed by atoms with E-state index in [0.717, 1.165) is 0 Å². The van der Waals surface area contributed by atoms with Crippen LogP contribution in [0.1, 0.15) is 11.1 Å². The van der Waals surface area contributed by atoms with Crippen molar-refractivity contribution < 1.29 is 0 Å². The maximum absolute atomic E-state index is 2.39. The minimum absolute atomic E-state index is 1.33. The Morgan fingerprint density at radius 2 is 0.909 bits per heavy atom. The van der Waals surface area contributed by atoms with Gasteiger partial charge < -0.3 is 0 Å². The first-order chi connectivity index (χ1) is 10.7. The Labute approximate surface area is 136 Å². The van der Waals surface area contributed by atoms with Gasteiger partial charge in [-0.25, -0.2) is 0 Å². The second kappa shape index (κ2) is 4.31. The van der Waals surface area contributed by atoms with Crippen molar-refractivity contribution >= 4 is 63.0 Å². The predicted octanol–water partition coefficient (Wildman–Crippen LogP) is 7.04. The lowest BCUT2D eigenvalue weighted by Gasteiger charge is -1.95. The molecule has 0 aliphatic heterocycles. The fourth-order valence-corrected chi connectivity index (χ4v) is 5.71. The van der Waals surface area contributed by atoms with Gasteiger partial charge in [0.1, 0.15) is 0 Å². The number of rotatable bonds is 0. The van der Waals surface area contributed by atoms with Crippen LogP contribution in [-0.4, -0.2) is 0 Å². The maximum atomic E-state index is 2.39. The van der Waals surface area contributed by atoms with Gasteiger partial charge in [-0.2, -0.15) is 0 Å². The van der Waals surface area contributed by atoms with Gasteiger partial charge in [-0.1, -0.05) is 24.3 Å². The molecule has 0 atom stereocenters. The van der Waals surface area contributed by atoms with Crippen LogP contribution >= 0.6 is 22.7 Å². The Kier molecular flexibility index (Phi) is 2.47. The fraction of sp³-hybridized carbons (Fsp3) is 0.100. The molecule has 0 nitrogen and oxygen atoms in total. The number of benzene rings is 3. The molecule has 0 N–H and O–H groups in total. The molecule has 22 heavy (non-hydrogen) atoms. The lowest BCUT2D eigenvalue weighted by atomic mass is 10.1. The van der Waals surface area contributed by atoms with E-state index < -0.39 is 0 Å². The number of fused-ring (bicyclic) bond motifs is 6. The Bertz CT molecular complexity index is 1090. The molecule has 0 aliphatic rings. The molecule has 3 aromatic carbocycles. The molecule has 0 radical (unpaired) electrons. The zero-order valence-electron chi connectivity index (χ0n) is 12.4. The van der Waals surface area contributed by atoms with Crippen molar-refractivity contribution in [3.63, 3.8) is 0 Å². The molecule has 2 aromatic heterocycles. The zero-order valence-corrected chi connectivity index (χ0v) is 14.1. The molecule has 0 unspecified atom stereocenters. The topological polar surface area (TPSA) is 0 Å². The van der Waals surface area contributed by atoms with Crippen LogP contribution in [0.2, 0.25) is 0 Å². The van der Waals surface area contributed by atoms with E-state index in [1.165, 1.54) is 51.5 Å². The normalized spacial score (nSPS) is 12.1. The predicted molar refractivity (Wildman–Crippen MR) is 102 cm³/mol. The molecule has 2 heteroatoms. The molecule has 0 saturated heterocycles. The van der Waals surface area contributed by atoms with Crippen LogP contribution in [0.25, 0.3) is 40.3 Å². The standard InChI is InChI=1S/C20H14S2/c1-11-3-5-13-15-9-20-16(10-19(15)21-17(13)7-11)14-6-4-12(2)8-18(14)22-20/h3-10H,1-2H3. The van der Waals surface area contributed by atoms with E-state index in [4.69, 9.17) is 0 Å². The van der Waals surface area contributed by atoms with Crippen molar-refractivity contribution in [1.29, 1.82) is 0 Å². The van der Waals surface area contributed by atoms with E-state index in [9.17, 15) is 0 Å². The smallest absolute Gasteiger partial charge is 0.0362 e. The quantitative estimate of drug-likeness (QED) is 0.287. The van der Waals surface area contributed by atoms with Crippen LogP contribution in [0.4, 0.5) is 0 Å². The van der Waals surface area contributed by atoms with Gasteiger partial charge in [0.25, 0.3) is 0 Å². The largest absolute Gasteiger partial charge is 0.135 e. The molecule has 0 fully saturated rings. The molecule has 0 aliphatic carbocycles. The number of aryl methyl sites for hydroxylation is 2. The summed E-state index contributed by atoms with van der Waals surface area (Å²) in [6, 6.07) is 18.3. The monoisotopic (exact) mass is 318 g/mol. The fourth-order valence-electron chi connectivity index (χ4n) is 3.26. The second-order valence-corrected chi connectivity index (χ2v) is 8.22. The van der Waals surface area contributed by atoms with Crippen molar-refractivity contribution in [3.05, 3.63) is 59.7 Å². The van der Waals surface area contributed by atoms with E-state index in [0.29, 0.717) is 0 Å². The van der Waals surface area contributed by atoms with E-state index in [1.54, 1.807) is 0 Å². The number of thiophene rings is 2. The summed E-state index contributed by atoms with van der Waals surface area (Å²) in [7, 11) is 0. The van der Waals surface area contributed by atoms with E-state index in [-0.39, 0.29) is 0 Å². The lowest BCUT2D eigenvalue weighted by Crippen LogP contribution is -1.71. The summed E-state index contributed by atoms with van der Waals surface area (Å²) in [5.74, 6) is 0. The van der Waals surface area contributed by atoms with Gasteiger partial charge in [0.05, 0.1) is 0 Å². The van der Waals surface area contributed by atoms with Crippen molar-refractivity contribution in [2.24, 2.45) is 0 Å². The molecular weight excluding hydrogens is 304 g/mol. The summed E-state index contributed by atoms with van der Waals surface area (Å²) in [6.07, 6.45) is 0. The molecule has 0 amide bonds. The first kappa shape index (κ1) is 12.6. The SMILES string of the molecule is Cc1ccc2c(c1)sc1cc3c(cc12)sc1cc(C)ccc13. The summed E-state index contributed by atoms with van der Waals surface area (Å²) in [5.41, 5.74) is 2.67. The summed E-state index contributed by atoms with van der Waals surface area (Å²) in [6.45, 7) is 4.33. The van der Waals surface area contributed by atoms with Crippen molar-refractivity contribution in [3.8, 4) is 0 Å². The molecule has 2 heterocycles. The average molecular weight is 318 g/mol. The molecule has 0 spiro atoms. The highest BCUT2D eigenvalue weighted by Gasteiger charge is 2.10. The summed E-state index contributed by atoms with van der Waals surface area (Å²) in [4.78, 5) is 0. The highest BCUT2D eigenvalue weighted by Crippen LogP contribution is 2.41. The molecule has 5 aromatic rings. The summed E-state index contributed by atoms with van der Waals surface area (Å²) in [5, 5.41) is 5.58. The maximum Gasteiger partial charge on any atom is 0.0362 e. The third-order valence-corrected chi connectivity index (χ3v) is 6.61. The van der Waals surface area contributed by atoms with E-state index in [2.05, 4.69) is 62.4 Å². The summed E-state index contributed by atoms with van der Waals surface area (Å²) >= 11 is 3.82. The van der Waals surface area contributed by atoms with Gasteiger partial charge in [0.15, 0.2) is 0 Å². The first-order valence-corrected chi connectivity index (χ1v) is 9.08. The van der Waals surface area contributed by atoms with Crippen molar-refractivity contribution in [2.45, 2.75) is 13.8 Å². The Morgan fingerprint density at radius 1 is 0.500 bits per heavy atom. The van der Waals surface area contributed by atoms with Gasteiger partial charge in [-0.05, 0) is 49.2 Å². The highest BCUT2D eigenvalue weighted by molar-refractivity contribution is 7.27. The minimum atomic E-state index is 1.33. The van der Waals surface area contributed by atoms with Crippen LogP contribution in [0.3, 0.4) is 0 Å². The zero-order chi connectivity index (χ0) is 14.8. The number of hydrogen-bond donors (Lipinski definition) is 0. The molecule has 0 bridgehead atoms. The van der Waals surface area contributed by atoms with Crippen LogP contribution < -0.4 is 0 Å². The molecule has 5 rings (SSSR count). The van der Waals surface area contributed by atoms with Gasteiger partial charge in [-0.3, -0.25) is 0 Å². The van der Waals surface area contributed by atoms with Crippen LogP contribution in [-0.2, 0) is 0 Å². The summed E-state index contributed by atoms with van der Waals surface area (Å²) < 4.78 is 5.59. The van der Waals surface area contributed by atoms with Crippen LogP contribution in [0.5, 0.6) is 0 Å². The van der Waals surface area contributed by atoms with Crippen molar-refractivity contribution in [1.82, 2.24) is 0 Å². The van der Waals surface area contributed by atoms with Gasteiger partial charge >= 0.3 is 0 Å². The lowest BCUT2D eigenvalue weighted by molar-refractivity contribution is 1.52. The number of hydrogen-bond acceptors (Lipinski definition) is 2. The molecular formula is C20H14S2. The van der Waals surface area contributed by atoms with E-state index in [1.807, 2.05) is 22.7 Å². The average Bonchev–Trinajstić information content (AvgIpc) is 3.00.